The van der Waals surface area contributed by atoms with Crippen LogP contribution in [-0.4, -0.2) is 27.8 Å². The average Bonchev–Trinajstić information content (AvgIpc) is 3.08. The van der Waals surface area contributed by atoms with Crippen molar-refractivity contribution in [2.45, 2.75) is 12.3 Å². The normalized spacial score (nSPS) is 22.9. The van der Waals surface area contributed by atoms with Gasteiger partial charge in [0.05, 0.1) is 14.2 Å². The van der Waals surface area contributed by atoms with E-state index in [4.69, 9.17) is 9.47 Å². The summed E-state index contributed by atoms with van der Waals surface area (Å²) < 4.78 is 10.5. The fraction of sp³-hybridized carbons (Fsp3) is 0.538. The minimum absolute atomic E-state index is 0.663. The Kier molecular flexibility index (Phi) is 3.34. The van der Waals surface area contributed by atoms with E-state index in [9.17, 15) is 0 Å². The number of benzene rings is 1. The molecule has 1 N–H and O–H groups in total. The quantitative estimate of drug-likeness (QED) is 0.825. The summed E-state index contributed by atoms with van der Waals surface area (Å²) in [6.07, 6.45) is 1.26. The predicted molar refractivity (Wildman–Crippen MR) is 64.3 cm³/mol. The zero-order chi connectivity index (χ0) is 11.5. The highest BCUT2D eigenvalue weighted by molar-refractivity contribution is 5.42. The standard InChI is InChI=1S/C13H19NO2/c1-14-8-10-6-13(10)9-4-11(15-2)7-12(5-9)16-3/h4-5,7,10,13-14H,6,8H2,1-3H3/t10-,13+/m0/s1. The fourth-order valence-electron chi connectivity index (χ4n) is 2.19. The number of methoxy groups -OCH3 is 2. The Hall–Kier alpha value is -1.22. The van der Waals surface area contributed by atoms with Crippen molar-refractivity contribution < 1.29 is 9.47 Å². The molecule has 0 bridgehead atoms. The zero-order valence-electron chi connectivity index (χ0n) is 10.1. The van der Waals surface area contributed by atoms with E-state index >= 15 is 0 Å². The molecule has 0 heterocycles. The first-order valence-corrected chi connectivity index (χ1v) is 5.66. The van der Waals surface area contributed by atoms with Gasteiger partial charge >= 0.3 is 0 Å². The number of hydrogen-bond acceptors (Lipinski definition) is 3. The van der Waals surface area contributed by atoms with Crippen LogP contribution in [0.5, 0.6) is 11.5 Å². The molecular weight excluding hydrogens is 202 g/mol. The summed E-state index contributed by atoms with van der Waals surface area (Å²) in [5.41, 5.74) is 1.33. The van der Waals surface area contributed by atoms with Gasteiger partial charge in [-0.2, -0.15) is 0 Å². The van der Waals surface area contributed by atoms with Gasteiger partial charge in [-0.15, -0.1) is 0 Å². The third kappa shape index (κ3) is 2.30. The lowest BCUT2D eigenvalue weighted by molar-refractivity contribution is 0.393. The second kappa shape index (κ2) is 4.74. The average molecular weight is 221 g/mol. The molecule has 1 fully saturated rings. The van der Waals surface area contributed by atoms with Crippen molar-refractivity contribution >= 4 is 0 Å². The molecule has 3 heteroatoms. The maximum atomic E-state index is 5.27. The van der Waals surface area contributed by atoms with Gasteiger partial charge in [-0.1, -0.05) is 0 Å². The van der Waals surface area contributed by atoms with Gasteiger partial charge in [0.25, 0.3) is 0 Å². The molecule has 0 radical (unpaired) electrons. The molecule has 1 aliphatic rings. The highest BCUT2D eigenvalue weighted by Gasteiger charge is 2.37. The SMILES string of the molecule is CNC[C@@H]1C[C@@H]1c1cc(OC)cc(OC)c1. The molecule has 0 spiro atoms. The minimum atomic E-state index is 0.663. The molecule has 0 saturated heterocycles. The van der Waals surface area contributed by atoms with Crippen molar-refractivity contribution in [3.8, 4) is 11.5 Å². The second-order valence-corrected chi connectivity index (χ2v) is 4.31. The monoisotopic (exact) mass is 221 g/mol. The van der Waals surface area contributed by atoms with Crippen molar-refractivity contribution in [2.75, 3.05) is 27.8 Å². The van der Waals surface area contributed by atoms with Gasteiger partial charge in [0.2, 0.25) is 0 Å². The van der Waals surface area contributed by atoms with Crippen molar-refractivity contribution in [3.63, 3.8) is 0 Å². The van der Waals surface area contributed by atoms with Gasteiger partial charge in [0.1, 0.15) is 11.5 Å². The molecule has 0 unspecified atom stereocenters. The van der Waals surface area contributed by atoms with Gasteiger partial charge in [0, 0.05) is 6.07 Å². The molecule has 1 aromatic carbocycles. The third-order valence-electron chi connectivity index (χ3n) is 3.19. The number of nitrogens with one attached hydrogen (secondary N) is 1. The highest BCUT2D eigenvalue weighted by atomic mass is 16.5. The molecule has 1 aliphatic carbocycles. The van der Waals surface area contributed by atoms with E-state index in [2.05, 4.69) is 17.4 Å². The van der Waals surface area contributed by atoms with E-state index in [-0.39, 0.29) is 0 Å². The Morgan fingerprint density at radius 3 is 2.31 bits per heavy atom. The highest BCUT2D eigenvalue weighted by Crippen LogP contribution is 2.48. The Morgan fingerprint density at radius 1 is 1.19 bits per heavy atom. The second-order valence-electron chi connectivity index (χ2n) is 4.31. The summed E-state index contributed by atoms with van der Waals surface area (Å²) in [5.74, 6) is 3.19. The molecule has 3 nitrogen and oxygen atoms in total. The van der Waals surface area contributed by atoms with Crippen LogP contribution in [0, 0.1) is 5.92 Å². The summed E-state index contributed by atoms with van der Waals surface area (Å²) in [6.45, 7) is 1.09. The Bertz CT molecular complexity index is 343. The lowest BCUT2D eigenvalue weighted by Crippen LogP contribution is -2.10. The largest absolute Gasteiger partial charge is 0.497 e. The molecule has 0 aliphatic heterocycles. The lowest BCUT2D eigenvalue weighted by Gasteiger charge is -2.08. The predicted octanol–water partition coefficient (Wildman–Crippen LogP) is 2.03. The van der Waals surface area contributed by atoms with Crippen LogP contribution < -0.4 is 14.8 Å². The lowest BCUT2D eigenvalue weighted by atomic mass is 10.1. The summed E-state index contributed by atoms with van der Waals surface area (Å²) >= 11 is 0. The Labute approximate surface area is 96.8 Å². The van der Waals surface area contributed by atoms with Gasteiger partial charge in [0.15, 0.2) is 0 Å². The van der Waals surface area contributed by atoms with Crippen LogP contribution in [-0.2, 0) is 0 Å². The molecule has 1 aromatic rings. The van der Waals surface area contributed by atoms with Crippen molar-refractivity contribution in [1.82, 2.24) is 5.32 Å². The van der Waals surface area contributed by atoms with Crippen molar-refractivity contribution in [1.29, 1.82) is 0 Å². The molecule has 0 amide bonds. The first kappa shape index (κ1) is 11.3. The molecule has 88 valence electrons. The van der Waals surface area contributed by atoms with Crippen LogP contribution in [0.3, 0.4) is 0 Å². The van der Waals surface area contributed by atoms with Crippen molar-refractivity contribution in [3.05, 3.63) is 23.8 Å². The van der Waals surface area contributed by atoms with E-state index in [0.29, 0.717) is 5.92 Å². The van der Waals surface area contributed by atoms with Gasteiger partial charge in [-0.3, -0.25) is 0 Å². The van der Waals surface area contributed by atoms with Crippen LogP contribution in [0.2, 0.25) is 0 Å². The summed E-state index contributed by atoms with van der Waals surface area (Å²) in [5, 5.41) is 3.22. The van der Waals surface area contributed by atoms with Gasteiger partial charge < -0.3 is 14.8 Å². The molecule has 2 rings (SSSR count). The zero-order valence-corrected chi connectivity index (χ0v) is 10.1. The van der Waals surface area contributed by atoms with E-state index in [1.54, 1.807) is 14.2 Å². The maximum absolute atomic E-state index is 5.27. The number of ether oxygens (including phenoxy) is 2. The smallest absolute Gasteiger partial charge is 0.122 e. The van der Waals surface area contributed by atoms with Crippen molar-refractivity contribution in [2.24, 2.45) is 5.92 Å². The minimum Gasteiger partial charge on any atom is -0.497 e. The summed E-state index contributed by atoms with van der Waals surface area (Å²) in [4.78, 5) is 0. The van der Waals surface area contributed by atoms with Crippen LogP contribution in [0.25, 0.3) is 0 Å². The number of rotatable bonds is 5. The number of hydrogen-bond donors (Lipinski definition) is 1. The maximum Gasteiger partial charge on any atom is 0.122 e. The molecular formula is C13H19NO2. The van der Waals surface area contributed by atoms with Crippen LogP contribution in [0.15, 0.2) is 18.2 Å². The Balaban J connectivity index is 2.15. The van der Waals surface area contributed by atoms with E-state index in [1.807, 2.05) is 13.1 Å². The van der Waals surface area contributed by atoms with Crippen LogP contribution >= 0.6 is 0 Å². The topological polar surface area (TPSA) is 30.5 Å². The third-order valence-corrected chi connectivity index (χ3v) is 3.19. The Morgan fingerprint density at radius 2 is 1.81 bits per heavy atom. The van der Waals surface area contributed by atoms with Crippen LogP contribution in [0.4, 0.5) is 0 Å². The molecule has 0 aromatic heterocycles. The van der Waals surface area contributed by atoms with Gasteiger partial charge in [-0.05, 0) is 49.5 Å². The molecule has 2 atom stereocenters. The fourth-order valence-corrected chi connectivity index (χ4v) is 2.19. The molecule has 1 saturated carbocycles. The van der Waals surface area contributed by atoms with Gasteiger partial charge in [-0.25, -0.2) is 0 Å². The van der Waals surface area contributed by atoms with E-state index < -0.39 is 0 Å². The summed E-state index contributed by atoms with van der Waals surface area (Å²) in [7, 11) is 5.38. The van der Waals surface area contributed by atoms with E-state index in [1.165, 1.54) is 12.0 Å². The first-order chi connectivity index (χ1) is 7.78. The summed E-state index contributed by atoms with van der Waals surface area (Å²) in [6, 6.07) is 6.14. The van der Waals surface area contributed by atoms with E-state index in [0.717, 1.165) is 24.0 Å². The molecule has 16 heavy (non-hydrogen) atoms. The first-order valence-electron chi connectivity index (χ1n) is 5.66. The van der Waals surface area contributed by atoms with Crippen LogP contribution in [0.1, 0.15) is 17.9 Å².